The minimum absolute atomic E-state index is 0.475. The normalized spacial score (nSPS) is 9.95. The van der Waals surface area contributed by atoms with Crippen molar-refractivity contribution in [2.24, 2.45) is 0 Å². The van der Waals surface area contributed by atoms with E-state index in [2.05, 4.69) is 20.6 Å². The van der Waals surface area contributed by atoms with Crippen molar-refractivity contribution in [3.63, 3.8) is 0 Å². The lowest BCUT2D eigenvalue weighted by atomic mass is 10.3. The molecular weight excluding hydrogens is 258 g/mol. The zero-order valence-corrected chi connectivity index (χ0v) is 11.4. The van der Waals surface area contributed by atoms with Crippen LogP contribution in [-0.4, -0.2) is 15.1 Å². The maximum Gasteiger partial charge on any atom is 0.171 e. The number of hydrogen-bond acceptors (Lipinski definition) is 4. The Morgan fingerprint density at radius 3 is 2.74 bits per heavy atom. The molecular formula is C13H15N5S. The Balaban J connectivity index is 1.90. The molecule has 1 aromatic carbocycles. The molecule has 0 aliphatic heterocycles. The average molecular weight is 273 g/mol. The third kappa shape index (κ3) is 3.89. The van der Waals surface area contributed by atoms with Crippen LogP contribution in [-0.2, 0) is 6.54 Å². The summed E-state index contributed by atoms with van der Waals surface area (Å²) in [6, 6.07) is 9.72. The van der Waals surface area contributed by atoms with Gasteiger partial charge in [0.1, 0.15) is 11.6 Å². The fraction of sp³-hybridized carbons (Fsp3) is 0.154. The first-order valence-electron chi connectivity index (χ1n) is 5.83. The molecule has 0 saturated carbocycles. The van der Waals surface area contributed by atoms with Crippen LogP contribution < -0.4 is 16.4 Å². The number of aromatic nitrogens is 2. The monoisotopic (exact) mass is 273 g/mol. The van der Waals surface area contributed by atoms with E-state index >= 15 is 0 Å². The van der Waals surface area contributed by atoms with Gasteiger partial charge in [0.15, 0.2) is 5.11 Å². The van der Waals surface area contributed by atoms with Crippen molar-refractivity contribution in [3.8, 4) is 0 Å². The van der Waals surface area contributed by atoms with Gasteiger partial charge in [0.05, 0.1) is 0 Å². The third-order valence-electron chi connectivity index (χ3n) is 2.49. The molecule has 1 heterocycles. The van der Waals surface area contributed by atoms with E-state index in [0.717, 1.165) is 11.3 Å². The molecule has 0 bridgehead atoms. The summed E-state index contributed by atoms with van der Waals surface area (Å²) in [6.45, 7) is 2.29. The molecule has 5 nitrogen and oxygen atoms in total. The first-order chi connectivity index (χ1) is 9.15. The molecule has 4 N–H and O–H groups in total. The Morgan fingerprint density at radius 2 is 2.05 bits per heavy atom. The molecule has 0 spiro atoms. The maximum absolute atomic E-state index is 5.81. The van der Waals surface area contributed by atoms with Crippen LogP contribution in [0.5, 0.6) is 0 Å². The Bertz CT molecular complexity index is 571. The van der Waals surface area contributed by atoms with Crippen LogP contribution in [0, 0.1) is 6.92 Å². The lowest BCUT2D eigenvalue weighted by Crippen LogP contribution is -2.28. The van der Waals surface area contributed by atoms with E-state index in [9.17, 15) is 0 Å². The van der Waals surface area contributed by atoms with Gasteiger partial charge in [-0.15, -0.1) is 0 Å². The quantitative estimate of drug-likeness (QED) is 0.741. The van der Waals surface area contributed by atoms with Crippen LogP contribution >= 0.6 is 12.2 Å². The number of nitrogen functional groups attached to an aromatic ring is 1. The molecule has 0 aliphatic carbocycles. The number of thiocarbonyl (C=S) groups is 1. The van der Waals surface area contributed by atoms with Crippen molar-refractivity contribution >= 4 is 28.8 Å². The first kappa shape index (κ1) is 13.2. The second-order valence-electron chi connectivity index (χ2n) is 4.00. The molecule has 0 atom stereocenters. The molecule has 1 aromatic heterocycles. The van der Waals surface area contributed by atoms with E-state index in [1.54, 1.807) is 13.1 Å². The Labute approximate surface area is 117 Å². The number of nitrogens with zero attached hydrogens (tertiary/aromatic N) is 2. The largest absolute Gasteiger partial charge is 0.383 e. The van der Waals surface area contributed by atoms with Gasteiger partial charge in [0.25, 0.3) is 0 Å². The summed E-state index contributed by atoms with van der Waals surface area (Å²) in [5, 5.41) is 6.68. The topological polar surface area (TPSA) is 75.9 Å². The summed E-state index contributed by atoms with van der Waals surface area (Å²) in [4.78, 5) is 8.21. The van der Waals surface area contributed by atoms with Crippen molar-refractivity contribution in [3.05, 3.63) is 47.9 Å². The Kier molecular flexibility index (Phi) is 4.25. The highest BCUT2D eigenvalue weighted by atomic mass is 32.1. The van der Waals surface area contributed by atoms with Gasteiger partial charge in [-0.05, 0) is 31.3 Å². The summed E-state index contributed by atoms with van der Waals surface area (Å²) < 4.78 is 0. The number of nitrogens with one attached hydrogen (secondary N) is 2. The van der Waals surface area contributed by atoms with Gasteiger partial charge in [-0.1, -0.05) is 18.2 Å². The smallest absolute Gasteiger partial charge is 0.171 e. The zero-order chi connectivity index (χ0) is 13.7. The Morgan fingerprint density at radius 1 is 1.32 bits per heavy atom. The number of hydrogen-bond donors (Lipinski definition) is 3. The SMILES string of the molecule is Cc1ncc(CNC(=S)Nc2ccccc2)c(N)n1. The van der Waals surface area contributed by atoms with E-state index in [1.807, 2.05) is 30.3 Å². The predicted octanol–water partition coefficient (Wildman–Crippen LogP) is 1.85. The highest BCUT2D eigenvalue weighted by Gasteiger charge is 2.03. The van der Waals surface area contributed by atoms with Gasteiger partial charge < -0.3 is 16.4 Å². The van der Waals surface area contributed by atoms with Gasteiger partial charge in [-0.25, -0.2) is 9.97 Å². The summed E-state index contributed by atoms with van der Waals surface area (Å²) >= 11 is 5.20. The van der Waals surface area contributed by atoms with Crippen molar-refractivity contribution < 1.29 is 0 Å². The van der Waals surface area contributed by atoms with Crippen LogP contribution in [0.1, 0.15) is 11.4 Å². The average Bonchev–Trinajstić information content (AvgIpc) is 2.39. The minimum Gasteiger partial charge on any atom is -0.383 e. The van der Waals surface area contributed by atoms with Gasteiger partial charge >= 0.3 is 0 Å². The van der Waals surface area contributed by atoms with Crippen molar-refractivity contribution in [2.45, 2.75) is 13.5 Å². The summed E-state index contributed by atoms with van der Waals surface area (Å²) in [7, 11) is 0. The minimum atomic E-state index is 0.475. The first-order valence-corrected chi connectivity index (χ1v) is 6.24. The number of benzene rings is 1. The summed E-state index contributed by atoms with van der Waals surface area (Å²) in [5.74, 6) is 1.13. The number of aryl methyl sites for hydroxylation is 1. The van der Waals surface area contributed by atoms with Crippen LogP contribution in [0.15, 0.2) is 36.5 Å². The predicted molar refractivity (Wildman–Crippen MR) is 80.7 cm³/mol. The maximum atomic E-state index is 5.81. The highest BCUT2D eigenvalue weighted by molar-refractivity contribution is 7.80. The number of para-hydroxylation sites is 1. The number of rotatable bonds is 3. The molecule has 2 aromatic rings. The molecule has 0 aliphatic rings. The lowest BCUT2D eigenvalue weighted by molar-refractivity contribution is 0.896. The van der Waals surface area contributed by atoms with E-state index in [0.29, 0.717) is 23.3 Å². The fourth-order valence-corrected chi connectivity index (χ4v) is 1.71. The van der Waals surface area contributed by atoms with Gasteiger partial charge in [-0.2, -0.15) is 0 Å². The van der Waals surface area contributed by atoms with Gasteiger partial charge in [0.2, 0.25) is 0 Å². The van der Waals surface area contributed by atoms with Crippen molar-refractivity contribution in [1.29, 1.82) is 0 Å². The van der Waals surface area contributed by atoms with Gasteiger partial charge in [0, 0.05) is 24.0 Å². The van der Waals surface area contributed by atoms with Crippen molar-refractivity contribution in [2.75, 3.05) is 11.1 Å². The highest BCUT2D eigenvalue weighted by Crippen LogP contribution is 2.07. The van der Waals surface area contributed by atoms with Crippen LogP contribution in [0.25, 0.3) is 0 Å². The van der Waals surface area contributed by atoms with Crippen LogP contribution in [0.3, 0.4) is 0 Å². The zero-order valence-electron chi connectivity index (χ0n) is 10.6. The Hall–Kier alpha value is -2.21. The van der Waals surface area contributed by atoms with E-state index in [-0.39, 0.29) is 0 Å². The molecule has 0 radical (unpaired) electrons. The second-order valence-corrected chi connectivity index (χ2v) is 4.41. The van der Waals surface area contributed by atoms with E-state index in [1.165, 1.54) is 0 Å². The summed E-state index contributed by atoms with van der Waals surface area (Å²) in [5.41, 5.74) is 7.57. The molecule has 0 unspecified atom stereocenters. The molecule has 19 heavy (non-hydrogen) atoms. The van der Waals surface area contributed by atoms with E-state index in [4.69, 9.17) is 18.0 Å². The standard InChI is InChI=1S/C13H15N5S/c1-9-15-7-10(12(14)17-9)8-16-13(19)18-11-5-3-2-4-6-11/h2-7H,8H2,1H3,(H2,14,15,17)(H2,16,18,19). The van der Waals surface area contributed by atoms with Gasteiger partial charge in [-0.3, -0.25) is 0 Å². The molecule has 0 saturated heterocycles. The van der Waals surface area contributed by atoms with Crippen molar-refractivity contribution in [1.82, 2.24) is 15.3 Å². The lowest BCUT2D eigenvalue weighted by Gasteiger charge is -2.11. The fourth-order valence-electron chi connectivity index (χ4n) is 1.52. The molecule has 0 fully saturated rings. The second kappa shape index (κ2) is 6.10. The van der Waals surface area contributed by atoms with Crippen LogP contribution in [0.2, 0.25) is 0 Å². The van der Waals surface area contributed by atoms with Crippen LogP contribution in [0.4, 0.5) is 11.5 Å². The molecule has 0 amide bonds. The third-order valence-corrected chi connectivity index (χ3v) is 2.74. The molecule has 6 heteroatoms. The number of anilines is 2. The molecule has 98 valence electrons. The molecule has 2 rings (SSSR count). The summed E-state index contributed by atoms with van der Waals surface area (Å²) in [6.07, 6.45) is 1.70. The number of nitrogens with two attached hydrogens (primary N) is 1. The van der Waals surface area contributed by atoms with E-state index < -0.39 is 0 Å².